The smallest absolute Gasteiger partial charge is 0.0838 e. The van der Waals surface area contributed by atoms with E-state index in [2.05, 4.69) is 4.98 Å². The Balaban J connectivity index is 2.16. The van der Waals surface area contributed by atoms with Crippen LogP contribution < -0.4 is 5.73 Å². The molecule has 0 bridgehead atoms. The Hall–Kier alpha value is -0.640. The Morgan fingerprint density at radius 3 is 2.87 bits per heavy atom. The van der Waals surface area contributed by atoms with Gasteiger partial charge in [-0.25, -0.2) is 0 Å². The van der Waals surface area contributed by atoms with E-state index in [1.165, 1.54) is 0 Å². The van der Waals surface area contributed by atoms with E-state index in [4.69, 9.17) is 17.3 Å². The van der Waals surface area contributed by atoms with Crippen LogP contribution in [0.2, 0.25) is 5.02 Å². The monoisotopic (exact) mass is 226 g/mol. The van der Waals surface area contributed by atoms with Crippen LogP contribution in [-0.4, -0.2) is 22.2 Å². The van der Waals surface area contributed by atoms with E-state index < -0.39 is 5.60 Å². The molecule has 1 aliphatic carbocycles. The molecule has 3 nitrogen and oxygen atoms in total. The Kier molecular flexibility index (Phi) is 2.96. The molecule has 15 heavy (non-hydrogen) atoms. The lowest BCUT2D eigenvalue weighted by molar-refractivity contribution is 0.0267. The molecular formula is C11H15ClN2O. The second-order valence-electron chi connectivity index (χ2n) is 4.23. The molecule has 0 aliphatic heterocycles. The largest absolute Gasteiger partial charge is 0.388 e. The molecule has 1 saturated carbocycles. The number of hydrogen-bond acceptors (Lipinski definition) is 3. The molecule has 1 atom stereocenters. The first kappa shape index (κ1) is 10.9. The van der Waals surface area contributed by atoms with E-state index in [-0.39, 0.29) is 6.54 Å². The zero-order valence-electron chi connectivity index (χ0n) is 8.49. The maximum Gasteiger partial charge on any atom is 0.0838 e. The van der Waals surface area contributed by atoms with Crippen LogP contribution >= 0.6 is 11.6 Å². The molecule has 1 aromatic rings. The molecule has 0 spiro atoms. The molecule has 1 fully saturated rings. The highest BCUT2D eigenvalue weighted by Crippen LogP contribution is 2.41. The van der Waals surface area contributed by atoms with Crippen LogP contribution in [-0.2, 0) is 6.42 Å². The number of rotatable bonds is 4. The third-order valence-electron chi connectivity index (χ3n) is 3.04. The predicted octanol–water partition coefficient (Wildman–Crippen LogP) is 1.38. The van der Waals surface area contributed by atoms with Gasteiger partial charge in [0.1, 0.15) is 0 Å². The van der Waals surface area contributed by atoms with Crippen molar-refractivity contribution < 1.29 is 5.11 Å². The molecule has 0 aromatic carbocycles. The number of nitrogens with zero attached hydrogens (tertiary/aromatic N) is 1. The Morgan fingerprint density at radius 2 is 2.33 bits per heavy atom. The quantitative estimate of drug-likeness (QED) is 0.816. The summed E-state index contributed by atoms with van der Waals surface area (Å²) in [6, 6.07) is 1.84. The lowest BCUT2D eigenvalue weighted by Gasteiger charge is -2.26. The molecule has 1 aliphatic rings. The van der Waals surface area contributed by atoms with Crippen molar-refractivity contribution in [2.75, 3.05) is 6.54 Å². The second kappa shape index (κ2) is 4.08. The number of aliphatic hydroxyl groups is 1. The second-order valence-corrected chi connectivity index (χ2v) is 4.63. The van der Waals surface area contributed by atoms with Gasteiger partial charge in [-0.15, -0.1) is 0 Å². The molecule has 1 heterocycles. The maximum atomic E-state index is 10.3. The first-order chi connectivity index (χ1) is 7.15. The van der Waals surface area contributed by atoms with Gasteiger partial charge >= 0.3 is 0 Å². The minimum Gasteiger partial charge on any atom is -0.388 e. The van der Waals surface area contributed by atoms with Gasteiger partial charge in [0, 0.05) is 25.4 Å². The molecule has 0 amide bonds. The standard InChI is InChI=1S/C11H15ClN2O/c12-10-6-14-4-3-8(10)5-11(15,7-13)9-1-2-9/h3-4,6,9,15H,1-2,5,7,13H2. The van der Waals surface area contributed by atoms with Crippen molar-refractivity contribution in [2.45, 2.75) is 24.9 Å². The molecule has 0 saturated heterocycles. The van der Waals surface area contributed by atoms with Crippen LogP contribution in [0.1, 0.15) is 18.4 Å². The van der Waals surface area contributed by atoms with Crippen LogP contribution in [0.4, 0.5) is 0 Å². The SMILES string of the molecule is NCC(O)(Cc1ccncc1Cl)C1CC1. The summed E-state index contributed by atoms with van der Waals surface area (Å²) in [6.07, 6.45) is 5.94. The third-order valence-corrected chi connectivity index (χ3v) is 3.38. The molecule has 4 heteroatoms. The van der Waals surface area contributed by atoms with Crippen LogP contribution in [0.25, 0.3) is 0 Å². The highest BCUT2D eigenvalue weighted by molar-refractivity contribution is 6.31. The van der Waals surface area contributed by atoms with Crippen molar-refractivity contribution in [3.05, 3.63) is 29.0 Å². The van der Waals surface area contributed by atoms with E-state index >= 15 is 0 Å². The van der Waals surface area contributed by atoms with Gasteiger partial charge in [0.2, 0.25) is 0 Å². The van der Waals surface area contributed by atoms with E-state index in [0.29, 0.717) is 17.4 Å². The van der Waals surface area contributed by atoms with Gasteiger partial charge in [0.05, 0.1) is 10.6 Å². The Bertz CT molecular complexity index is 354. The van der Waals surface area contributed by atoms with Crippen LogP contribution in [0.5, 0.6) is 0 Å². The van der Waals surface area contributed by atoms with Crippen LogP contribution in [0, 0.1) is 5.92 Å². The summed E-state index contributed by atoms with van der Waals surface area (Å²) in [5, 5.41) is 10.9. The van der Waals surface area contributed by atoms with Crippen molar-refractivity contribution in [1.82, 2.24) is 4.98 Å². The summed E-state index contributed by atoms with van der Waals surface area (Å²) in [6.45, 7) is 0.288. The maximum absolute atomic E-state index is 10.3. The summed E-state index contributed by atoms with van der Waals surface area (Å²) in [5.74, 6) is 0.340. The van der Waals surface area contributed by atoms with E-state index in [9.17, 15) is 5.11 Å². The molecule has 1 unspecified atom stereocenters. The van der Waals surface area contributed by atoms with Crippen molar-refractivity contribution in [1.29, 1.82) is 0 Å². The van der Waals surface area contributed by atoms with Gasteiger partial charge in [-0.3, -0.25) is 4.98 Å². The first-order valence-corrected chi connectivity index (χ1v) is 5.54. The van der Waals surface area contributed by atoms with Gasteiger partial charge in [-0.05, 0) is 30.4 Å². The van der Waals surface area contributed by atoms with Crippen molar-refractivity contribution in [3.63, 3.8) is 0 Å². The lowest BCUT2D eigenvalue weighted by Crippen LogP contribution is -2.42. The number of hydrogen-bond donors (Lipinski definition) is 2. The summed E-state index contributed by atoms with van der Waals surface area (Å²) < 4.78 is 0. The number of pyridine rings is 1. The van der Waals surface area contributed by atoms with Crippen molar-refractivity contribution in [2.24, 2.45) is 11.7 Å². The highest BCUT2D eigenvalue weighted by atomic mass is 35.5. The van der Waals surface area contributed by atoms with E-state index in [1.54, 1.807) is 12.4 Å². The molecule has 3 N–H and O–H groups in total. The number of nitrogens with two attached hydrogens (primary N) is 1. The van der Waals surface area contributed by atoms with Crippen LogP contribution in [0.3, 0.4) is 0 Å². The normalized spacial score (nSPS) is 19.9. The zero-order valence-corrected chi connectivity index (χ0v) is 9.24. The minimum atomic E-state index is -0.787. The lowest BCUT2D eigenvalue weighted by atomic mass is 9.90. The fourth-order valence-electron chi connectivity index (χ4n) is 1.88. The van der Waals surface area contributed by atoms with Gasteiger partial charge in [0.25, 0.3) is 0 Å². The van der Waals surface area contributed by atoms with Gasteiger partial charge in [0.15, 0.2) is 0 Å². The van der Waals surface area contributed by atoms with Gasteiger partial charge < -0.3 is 10.8 Å². The zero-order chi connectivity index (χ0) is 10.9. The predicted molar refractivity (Wildman–Crippen MR) is 59.7 cm³/mol. The average Bonchev–Trinajstić information content (AvgIpc) is 3.05. The molecule has 1 aromatic heterocycles. The van der Waals surface area contributed by atoms with Crippen molar-refractivity contribution in [3.8, 4) is 0 Å². The van der Waals surface area contributed by atoms with E-state index in [1.807, 2.05) is 6.07 Å². The number of aromatic nitrogens is 1. The average molecular weight is 227 g/mol. The third kappa shape index (κ3) is 2.30. The first-order valence-electron chi connectivity index (χ1n) is 5.16. The molecule has 0 radical (unpaired) electrons. The molecule has 2 rings (SSSR count). The summed E-state index contributed by atoms with van der Waals surface area (Å²) in [7, 11) is 0. The molecule has 82 valence electrons. The van der Waals surface area contributed by atoms with Gasteiger partial charge in [-0.2, -0.15) is 0 Å². The molecular weight excluding hydrogens is 212 g/mol. The van der Waals surface area contributed by atoms with Gasteiger partial charge in [-0.1, -0.05) is 11.6 Å². The fourth-order valence-corrected chi connectivity index (χ4v) is 2.07. The van der Waals surface area contributed by atoms with Crippen molar-refractivity contribution >= 4 is 11.6 Å². The Morgan fingerprint density at radius 1 is 1.60 bits per heavy atom. The van der Waals surface area contributed by atoms with E-state index in [0.717, 1.165) is 18.4 Å². The summed E-state index contributed by atoms with van der Waals surface area (Å²) in [5.41, 5.74) is 5.77. The topological polar surface area (TPSA) is 59.1 Å². The van der Waals surface area contributed by atoms with Crippen LogP contribution in [0.15, 0.2) is 18.5 Å². The number of halogens is 1. The Labute approximate surface area is 94.3 Å². The summed E-state index contributed by atoms with van der Waals surface area (Å²) >= 11 is 6.00. The fraction of sp³-hybridized carbons (Fsp3) is 0.545. The summed E-state index contributed by atoms with van der Waals surface area (Å²) in [4.78, 5) is 3.92. The minimum absolute atomic E-state index is 0.288. The highest BCUT2D eigenvalue weighted by Gasteiger charge is 2.42.